The molecule has 3 N–H and O–H groups in total. The molecule has 1 fully saturated rings. The van der Waals surface area contributed by atoms with Crippen molar-refractivity contribution in [1.82, 2.24) is 15.1 Å². The van der Waals surface area contributed by atoms with Crippen molar-refractivity contribution in [3.05, 3.63) is 71.8 Å². The second-order valence-corrected chi connectivity index (χ2v) is 6.82. The monoisotopic (exact) mass is 366 g/mol. The number of urea groups is 1. The number of rotatable bonds is 5. The van der Waals surface area contributed by atoms with Gasteiger partial charge in [-0.05, 0) is 18.1 Å². The van der Waals surface area contributed by atoms with E-state index < -0.39 is 12.1 Å². The molecule has 2 aromatic rings. The third kappa shape index (κ3) is 4.65. The SMILES string of the molecule is CC(NC(N)=O)C(=O)N1CCN(C(c2ccccc2)c2ccccc2)CC1. The molecule has 1 saturated heterocycles. The lowest BCUT2D eigenvalue weighted by Gasteiger charge is -2.40. The van der Waals surface area contributed by atoms with E-state index in [2.05, 4.69) is 58.7 Å². The largest absolute Gasteiger partial charge is 0.352 e. The standard InChI is InChI=1S/C21H26N4O2/c1-16(23-21(22)27)20(26)25-14-12-24(13-15-25)19(17-8-4-2-5-9-17)18-10-6-3-7-11-18/h2-11,16,19H,12-15H2,1H3,(H3,22,23,27). The Morgan fingerprint density at radius 3 is 1.81 bits per heavy atom. The minimum absolute atomic E-state index is 0.0931. The molecule has 0 aliphatic carbocycles. The first-order chi connectivity index (χ1) is 13.1. The molecule has 1 heterocycles. The number of hydrogen-bond acceptors (Lipinski definition) is 3. The maximum Gasteiger partial charge on any atom is 0.312 e. The van der Waals surface area contributed by atoms with E-state index in [1.165, 1.54) is 11.1 Å². The van der Waals surface area contributed by atoms with Crippen LogP contribution in [0.2, 0.25) is 0 Å². The fourth-order valence-electron chi connectivity index (χ4n) is 3.63. The van der Waals surface area contributed by atoms with E-state index in [-0.39, 0.29) is 11.9 Å². The molecule has 0 spiro atoms. The van der Waals surface area contributed by atoms with Crippen LogP contribution in [0.5, 0.6) is 0 Å². The smallest absolute Gasteiger partial charge is 0.312 e. The summed E-state index contributed by atoms with van der Waals surface area (Å²) in [6.45, 7) is 4.45. The van der Waals surface area contributed by atoms with E-state index in [1.807, 2.05) is 12.1 Å². The number of carbonyl (C=O) groups is 2. The van der Waals surface area contributed by atoms with E-state index in [1.54, 1.807) is 11.8 Å². The molecule has 0 radical (unpaired) electrons. The Labute approximate surface area is 159 Å². The molecular formula is C21H26N4O2. The van der Waals surface area contributed by atoms with Crippen LogP contribution in [-0.2, 0) is 4.79 Å². The first-order valence-electron chi connectivity index (χ1n) is 9.25. The average molecular weight is 366 g/mol. The van der Waals surface area contributed by atoms with Crippen LogP contribution in [-0.4, -0.2) is 54.0 Å². The summed E-state index contributed by atoms with van der Waals surface area (Å²) in [5, 5.41) is 2.46. The molecule has 0 saturated carbocycles. The normalized spacial score (nSPS) is 16.1. The van der Waals surface area contributed by atoms with Gasteiger partial charge in [0.15, 0.2) is 0 Å². The number of nitrogens with two attached hydrogens (primary N) is 1. The van der Waals surface area contributed by atoms with Gasteiger partial charge in [0.05, 0.1) is 6.04 Å². The highest BCUT2D eigenvalue weighted by atomic mass is 16.2. The van der Waals surface area contributed by atoms with Crippen molar-refractivity contribution >= 4 is 11.9 Å². The van der Waals surface area contributed by atoms with Crippen LogP contribution in [0.25, 0.3) is 0 Å². The number of amides is 3. The van der Waals surface area contributed by atoms with Gasteiger partial charge in [-0.1, -0.05) is 60.7 Å². The number of hydrogen-bond donors (Lipinski definition) is 2. The first-order valence-corrected chi connectivity index (χ1v) is 9.25. The molecule has 1 atom stereocenters. The molecule has 6 nitrogen and oxygen atoms in total. The predicted molar refractivity (Wildman–Crippen MR) is 105 cm³/mol. The van der Waals surface area contributed by atoms with Gasteiger partial charge in [-0.2, -0.15) is 0 Å². The molecule has 3 amide bonds. The zero-order valence-corrected chi connectivity index (χ0v) is 15.5. The Hall–Kier alpha value is -2.86. The molecule has 27 heavy (non-hydrogen) atoms. The first kappa shape index (κ1) is 18.9. The van der Waals surface area contributed by atoms with Gasteiger partial charge in [0.25, 0.3) is 0 Å². The highest BCUT2D eigenvalue weighted by molar-refractivity contribution is 5.86. The number of nitrogens with one attached hydrogen (secondary N) is 1. The lowest BCUT2D eigenvalue weighted by Crippen LogP contribution is -2.55. The second-order valence-electron chi connectivity index (χ2n) is 6.82. The summed E-state index contributed by atoms with van der Waals surface area (Å²) >= 11 is 0. The van der Waals surface area contributed by atoms with Crippen molar-refractivity contribution in [3.63, 3.8) is 0 Å². The van der Waals surface area contributed by atoms with E-state index in [4.69, 9.17) is 5.73 Å². The molecule has 2 aromatic carbocycles. The minimum Gasteiger partial charge on any atom is -0.352 e. The molecule has 1 unspecified atom stereocenters. The van der Waals surface area contributed by atoms with Crippen molar-refractivity contribution in [3.8, 4) is 0 Å². The Morgan fingerprint density at radius 2 is 1.37 bits per heavy atom. The highest BCUT2D eigenvalue weighted by Gasteiger charge is 2.29. The van der Waals surface area contributed by atoms with E-state index in [0.717, 1.165) is 13.1 Å². The van der Waals surface area contributed by atoms with Gasteiger partial charge in [0.2, 0.25) is 5.91 Å². The Balaban J connectivity index is 1.72. The average Bonchev–Trinajstić information content (AvgIpc) is 2.69. The molecule has 1 aliphatic heterocycles. The molecule has 0 aromatic heterocycles. The third-order valence-corrected chi connectivity index (χ3v) is 4.95. The summed E-state index contributed by atoms with van der Waals surface area (Å²) < 4.78 is 0. The van der Waals surface area contributed by atoms with Gasteiger partial charge in [-0.25, -0.2) is 4.79 Å². The zero-order chi connectivity index (χ0) is 19.2. The van der Waals surface area contributed by atoms with E-state index in [9.17, 15) is 9.59 Å². The maximum absolute atomic E-state index is 12.5. The third-order valence-electron chi connectivity index (χ3n) is 4.95. The van der Waals surface area contributed by atoms with Crippen molar-refractivity contribution in [2.75, 3.05) is 26.2 Å². The number of primary amides is 1. The topological polar surface area (TPSA) is 78.7 Å². The fourth-order valence-corrected chi connectivity index (χ4v) is 3.63. The number of nitrogens with zero attached hydrogens (tertiary/aromatic N) is 2. The van der Waals surface area contributed by atoms with Crippen LogP contribution in [0.3, 0.4) is 0 Å². The summed E-state index contributed by atoms with van der Waals surface area (Å²) in [5.74, 6) is -0.0931. The van der Waals surface area contributed by atoms with Gasteiger partial charge in [0.1, 0.15) is 6.04 Å². The Morgan fingerprint density at radius 1 is 0.889 bits per heavy atom. The van der Waals surface area contributed by atoms with Crippen LogP contribution >= 0.6 is 0 Å². The summed E-state index contributed by atoms with van der Waals surface area (Å²) in [7, 11) is 0. The van der Waals surface area contributed by atoms with Crippen molar-refractivity contribution < 1.29 is 9.59 Å². The lowest BCUT2D eigenvalue weighted by atomic mass is 9.96. The Bertz CT molecular complexity index is 719. The number of piperazine rings is 1. The van der Waals surface area contributed by atoms with Gasteiger partial charge in [-0.3, -0.25) is 9.69 Å². The van der Waals surface area contributed by atoms with E-state index >= 15 is 0 Å². The zero-order valence-electron chi connectivity index (χ0n) is 15.5. The fraction of sp³-hybridized carbons (Fsp3) is 0.333. The van der Waals surface area contributed by atoms with Crippen LogP contribution in [0, 0.1) is 0 Å². The summed E-state index contributed by atoms with van der Waals surface area (Å²) in [6.07, 6.45) is 0. The second kappa shape index (κ2) is 8.68. The predicted octanol–water partition coefficient (Wildman–Crippen LogP) is 1.98. The molecule has 0 bridgehead atoms. The Kier molecular flexibility index (Phi) is 6.08. The highest BCUT2D eigenvalue weighted by Crippen LogP contribution is 2.29. The number of carbonyl (C=O) groups excluding carboxylic acids is 2. The van der Waals surface area contributed by atoms with Gasteiger partial charge in [-0.15, -0.1) is 0 Å². The molecule has 1 aliphatic rings. The van der Waals surface area contributed by atoms with Crippen molar-refractivity contribution in [2.24, 2.45) is 5.73 Å². The molecular weight excluding hydrogens is 340 g/mol. The number of benzene rings is 2. The van der Waals surface area contributed by atoms with Gasteiger partial charge in [0, 0.05) is 26.2 Å². The minimum atomic E-state index is -0.678. The molecule has 142 valence electrons. The van der Waals surface area contributed by atoms with Gasteiger partial charge < -0.3 is 16.0 Å². The van der Waals surface area contributed by atoms with E-state index in [0.29, 0.717) is 13.1 Å². The van der Waals surface area contributed by atoms with Crippen LogP contribution < -0.4 is 11.1 Å². The van der Waals surface area contributed by atoms with Gasteiger partial charge >= 0.3 is 6.03 Å². The molecule has 3 rings (SSSR count). The van der Waals surface area contributed by atoms with Crippen LogP contribution in [0.15, 0.2) is 60.7 Å². The van der Waals surface area contributed by atoms with Crippen molar-refractivity contribution in [1.29, 1.82) is 0 Å². The quantitative estimate of drug-likeness (QED) is 0.849. The molecule has 6 heteroatoms. The van der Waals surface area contributed by atoms with Crippen LogP contribution in [0.4, 0.5) is 4.79 Å². The van der Waals surface area contributed by atoms with Crippen molar-refractivity contribution in [2.45, 2.75) is 19.0 Å². The summed E-state index contributed by atoms with van der Waals surface area (Å²) in [4.78, 5) is 27.7. The lowest BCUT2D eigenvalue weighted by molar-refractivity contribution is -0.134. The summed E-state index contributed by atoms with van der Waals surface area (Å²) in [6, 6.07) is 19.7. The van der Waals surface area contributed by atoms with Crippen LogP contribution in [0.1, 0.15) is 24.1 Å². The summed E-state index contributed by atoms with van der Waals surface area (Å²) in [5.41, 5.74) is 7.61. The maximum atomic E-state index is 12.5.